The minimum Gasteiger partial charge on any atom is -0.294 e. The zero-order valence-electron chi connectivity index (χ0n) is 11.5. The number of aryl methyl sites for hydroxylation is 3. The van der Waals surface area contributed by atoms with Crippen LogP contribution in [-0.2, 0) is 6.42 Å². The first-order valence-electron chi connectivity index (χ1n) is 6.33. The minimum absolute atomic E-state index is 0.145. The highest BCUT2D eigenvalue weighted by atomic mass is 35.5. The molecule has 0 amide bonds. The molecule has 0 aromatic heterocycles. The average Bonchev–Trinajstić information content (AvgIpc) is 2.33. The van der Waals surface area contributed by atoms with Crippen molar-refractivity contribution in [2.45, 2.75) is 27.2 Å². The Morgan fingerprint density at radius 2 is 1.63 bits per heavy atom. The molecule has 0 unspecified atom stereocenters. The van der Waals surface area contributed by atoms with E-state index in [1.54, 1.807) is 6.07 Å². The summed E-state index contributed by atoms with van der Waals surface area (Å²) < 4.78 is 0. The number of halogens is 1. The van der Waals surface area contributed by atoms with Crippen molar-refractivity contribution in [3.05, 3.63) is 69.2 Å². The molecule has 2 aromatic carbocycles. The van der Waals surface area contributed by atoms with E-state index in [1.165, 1.54) is 11.1 Å². The third-order valence-corrected chi connectivity index (χ3v) is 3.71. The first-order chi connectivity index (χ1) is 8.99. The van der Waals surface area contributed by atoms with Gasteiger partial charge in [0.2, 0.25) is 0 Å². The summed E-state index contributed by atoms with van der Waals surface area (Å²) >= 11 is 5.92. The van der Waals surface area contributed by atoms with Crippen LogP contribution < -0.4 is 0 Å². The number of benzene rings is 2. The van der Waals surface area contributed by atoms with Gasteiger partial charge in [-0.05, 0) is 61.2 Å². The van der Waals surface area contributed by atoms with E-state index in [0.717, 1.165) is 16.7 Å². The second kappa shape index (κ2) is 5.58. The average molecular weight is 273 g/mol. The molecule has 98 valence electrons. The van der Waals surface area contributed by atoms with E-state index in [2.05, 4.69) is 0 Å². The fourth-order valence-electron chi connectivity index (χ4n) is 2.32. The van der Waals surface area contributed by atoms with Crippen molar-refractivity contribution in [1.82, 2.24) is 0 Å². The van der Waals surface area contributed by atoms with Crippen molar-refractivity contribution in [1.29, 1.82) is 0 Å². The summed E-state index contributed by atoms with van der Waals surface area (Å²) in [5.41, 5.74) is 5.15. The molecule has 0 aliphatic rings. The van der Waals surface area contributed by atoms with Crippen molar-refractivity contribution in [3.63, 3.8) is 0 Å². The third-order valence-electron chi connectivity index (χ3n) is 3.47. The zero-order chi connectivity index (χ0) is 14.0. The quantitative estimate of drug-likeness (QED) is 0.741. The minimum atomic E-state index is 0.145. The summed E-state index contributed by atoms with van der Waals surface area (Å²) in [7, 11) is 0. The highest BCUT2D eigenvalue weighted by molar-refractivity contribution is 6.30. The smallest absolute Gasteiger partial charge is 0.167 e. The van der Waals surface area contributed by atoms with Gasteiger partial charge in [-0.3, -0.25) is 4.79 Å². The fraction of sp³-hybridized carbons (Fsp3) is 0.235. The Hall–Kier alpha value is -1.60. The van der Waals surface area contributed by atoms with Gasteiger partial charge in [-0.2, -0.15) is 0 Å². The normalized spacial score (nSPS) is 10.5. The van der Waals surface area contributed by atoms with Gasteiger partial charge in [-0.15, -0.1) is 0 Å². The van der Waals surface area contributed by atoms with Gasteiger partial charge >= 0.3 is 0 Å². The van der Waals surface area contributed by atoms with Crippen molar-refractivity contribution in [2.24, 2.45) is 0 Å². The second-order valence-electron chi connectivity index (χ2n) is 4.93. The molecule has 0 radical (unpaired) electrons. The Labute approximate surface area is 119 Å². The van der Waals surface area contributed by atoms with Crippen LogP contribution in [0.5, 0.6) is 0 Å². The molecule has 0 aliphatic heterocycles. The second-order valence-corrected chi connectivity index (χ2v) is 5.37. The third kappa shape index (κ3) is 3.05. The lowest BCUT2D eigenvalue weighted by Crippen LogP contribution is -2.08. The summed E-state index contributed by atoms with van der Waals surface area (Å²) in [6.07, 6.45) is 0.445. The van der Waals surface area contributed by atoms with E-state index < -0.39 is 0 Å². The predicted octanol–water partition coefficient (Wildman–Crippen LogP) is 4.69. The molecule has 0 atom stereocenters. The number of hydrogen-bond acceptors (Lipinski definition) is 1. The Bertz CT molecular complexity index is 609. The molecule has 2 aromatic rings. The van der Waals surface area contributed by atoms with Gasteiger partial charge in [0, 0.05) is 17.0 Å². The molecular formula is C17H17ClO. The summed E-state index contributed by atoms with van der Waals surface area (Å²) in [5, 5.41) is 0.668. The van der Waals surface area contributed by atoms with Gasteiger partial charge in [-0.1, -0.05) is 29.8 Å². The van der Waals surface area contributed by atoms with Crippen LogP contribution in [0.15, 0.2) is 36.4 Å². The van der Waals surface area contributed by atoms with Crippen molar-refractivity contribution in [3.8, 4) is 0 Å². The van der Waals surface area contributed by atoms with E-state index in [1.807, 2.05) is 51.1 Å². The van der Waals surface area contributed by atoms with Crippen LogP contribution in [0.3, 0.4) is 0 Å². The summed E-state index contributed by atoms with van der Waals surface area (Å²) in [5.74, 6) is 0.145. The van der Waals surface area contributed by atoms with E-state index in [9.17, 15) is 4.79 Å². The summed E-state index contributed by atoms with van der Waals surface area (Å²) in [6, 6.07) is 11.5. The molecule has 2 heteroatoms. The molecule has 0 N–H and O–H groups in total. The van der Waals surface area contributed by atoms with Gasteiger partial charge in [0.05, 0.1) is 0 Å². The van der Waals surface area contributed by atoms with Crippen LogP contribution in [0.1, 0.15) is 32.6 Å². The van der Waals surface area contributed by atoms with Gasteiger partial charge in [-0.25, -0.2) is 0 Å². The molecule has 0 heterocycles. The summed E-state index contributed by atoms with van der Waals surface area (Å²) in [6.45, 7) is 6.01. The highest BCUT2D eigenvalue weighted by Crippen LogP contribution is 2.20. The number of carbonyl (C=O) groups excluding carboxylic acids is 1. The maximum atomic E-state index is 12.4. The lowest BCUT2D eigenvalue weighted by molar-refractivity contribution is 0.0992. The molecule has 0 fully saturated rings. The molecule has 2 rings (SSSR count). The van der Waals surface area contributed by atoms with Crippen LogP contribution in [0, 0.1) is 20.8 Å². The topological polar surface area (TPSA) is 17.1 Å². The Balaban J connectivity index is 2.31. The Morgan fingerprint density at radius 1 is 1.00 bits per heavy atom. The van der Waals surface area contributed by atoms with Crippen LogP contribution in [0.25, 0.3) is 0 Å². The van der Waals surface area contributed by atoms with Crippen LogP contribution >= 0.6 is 11.6 Å². The first-order valence-corrected chi connectivity index (χ1v) is 6.71. The lowest BCUT2D eigenvalue weighted by Gasteiger charge is -2.10. The molecule has 0 spiro atoms. The van der Waals surface area contributed by atoms with Gasteiger partial charge < -0.3 is 0 Å². The van der Waals surface area contributed by atoms with E-state index in [4.69, 9.17) is 11.6 Å². The molecular weight excluding hydrogens is 256 g/mol. The number of ketones is 1. The molecule has 0 bridgehead atoms. The first kappa shape index (κ1) is 13.8. The maximum absolute atomic E-state index is 12.4. The number of Topliss-reactive ketones (excluding diaryl/α,β-unsaturated/α-hetero) is 1. The number of hydrogen-bond donors (Lipinski definition) is 0. The van der Waals surface area contributed by atoms with E-state index in [0.29, 0.717) is 11.4 Å². The van der Waals surface area contributed by atoms with Crippen molar-refractivity contribution in [2.75, 3.05) is 0 Å². The van der Waals surface area contributed by atoms with Crippen molar-refractivity contribution >= 4 is 17.4 Å². The number of carbonyl (C=O) groups is 1. The van der Waals surface area contributed by atoms with E-state index in [-0.39, 0.29) is 5.78 Å². The Kier molecular flexibility index (Phi) is 4.06. The molecule has 19 heavy (non-hydrogen) atoms. The molecule has 0 aliphatic carbocycles. The fourth-order valence-corrected chi connectivity index (χ4v) is 2.55. The van der Waals surface area contributed by atoms with Gasteiger partial charge in [0.25, 0.3) is 0 Å². The standard InChI is InChI=1S/C17H17ClO/c1-11-5-4-6-12(2)16(11)10-17(19)15-8-7-14(18)9-13(15)3/h4-9H,10H2,1-3H3. The largest absolute Gasteiger partial charge is 0.294 e. The zero-order valence-corrected chi connectivity index (χ0v) is 12.2. The molecule has 1 nitrogen and oxygen atoms in total. The summed E-state index contributed by atoms with van der Waals surface area (Å²) in [4.78, 5) is 12.4. The van der Waals surface area contributed by atoms with Gasteiger partial charge in [0.15, 0.2) is 5.78 Å². The molecule has 0 saturated heterocycles. The highest BCUT2D eigenvalue weighted by Gasteiger charge is 2.12. The van der Waals surface area contributed by atoms with Gasteiger partial charge in [0.1, 0.15) is 0 Å². The lowest BCUT2D eigenvalue weighted by atomic mass is 9.94. The monoisotopic (exact) mass is 272 g/mol. The van der Waals surface area contributed by atoms with Crippen LogP contribution in [-0.4, -0.2) is 5.78 Å². The Morgan fingerprint density at radius 3 is 2.21 bits per heavy atom. The molecule has 0 saturated carbocycles. The number of rotatable bonds is 3. The van der Waals surface area contributed by atoms with Crippen LogP contribution in [0.4, 0.5) is 0 Å². The SMILES string of the molecule is Cc1cc(Cl)ccc1C(=O)Cc1c(C)cccc1C. The van der Waals surface area contributed by atoms with Crippen molar-refractivity contribution < 1.29 is 4.79 Å². The van der Waals surface area contributed by atoms with Crippen LogP contribution in [0.2, 0.25) is 5.02 Å². The van der Waals surface area contributed by atoms with E-state index >= 15 is 0 Å². The maximum Gasteiger partial charge on any atom is 0.167 e. The predicted molar refractivity (Wildman–Crippen MR) is 80.1 cm³/mol.